The molecule has 5 rings (SSSR count). The average molecular weight is 431 g/mol. The molecule has 7 heteroatoms. The molecule has 2 aliphatic rings. The van der Waals surface area contributed by atoms with Gasteiger partial charge in [0.2, 0.25) is 0 Å². The van der Waals surface area contributed by atoms with Crippen LogP contribution in [0.1, 0.15) is 24.2 Å². The lowest BCUT2D eigenvalue weighted by Gasteiger charge is -2.29. The number of ether oxygens (including phenoxy) is 1. The second-order valence-electron chi connectivity index (χ2n) is 8.48. The van der Waals surface area contributed by atoms with Gasteiger partial charge in [-0.05, 0) is 44.2 Å². The molecule has 3 aromatic rings. The molecular formula is C25H28N5O2+. The summed E-state index contributed by atoms with van der Waals surface area (Å²) in [4.78, 5) is 25.5. The summed E-state index contributed by atoms with van der Waals surface area (Å²) < 4.78 is 5.79. The van der Waals surface area contributed by atoms with Crippen LogP contribution in [0.3, 0.4) is 0 Å². The number of aromatic nitrogens is 2. The molecule has 2 aromatic heterocycles. The van der Waals surface area contributed by atoms with Gasteiger partial charge in [-0.15, -0.1) is 0 Å². The smallest absolute Gasteiger partial charge is 0.327 e. The van der Waals surface area contributed by atoms with Crippen LogP contribution >= 0.6 is 0 Å². The van der Waals surface area contributed by atoms with Gasteiger partial charge in [-0.25, -0.2) is 9.78 Å². The highest BCUT2D eigenvalue weighted by Gasteiger charge is 2.26. The predicted octanol–water partition coefficient (Wildman–Crippen LogP) is 3.50. The number of anilines is 2. The number of pyridine rings is 2. The molecular weight excluding hydrogens is 402 g/mol. The zero-order valence-corrected chi connectivity index (χ0v) is 18.5. The molecule has 1 saturated heterocycles. The zero-order chi connectivity index (χ0) is 22.1. The van der Waals surface area contributed by atoms with Crippen LogP contribution in [0.5, 0.6) is 5.75 Å². The fourth-order valence-electron chi connectivity index (χ4n) is 4.54. The van der Waals surface area contributed by atoms with Crippen molar-refractivity contribution >= 4 is 23.2 Å². The van der Waals surface area contributed by atoms with E-state index in [1.165, 1.54) is 36.5 Å². The van der Waals surface area contributed by atoms with E-state index in [2.05, 4.69) is 34.6 Å². The number of benzene rings is 1. The van der Waals surface area contributed by atoms with Crippen LogP contribution in [-0.4, -0.2) is 42.2 Å². The molecule has 164 valence electrons. The predicted molar refractivity (Wildman–Crippen MR) is 125 cm³/mol. The van der Waals surface area contributed by atoms with Crippen molar-refractivity contribution in [3.8, 4) is 17.0 Å². The third-order valence-electron chi connectivity index (χ3n) is 6.02. The summed E-state index contributed by atoms with van der Waals surface area (Å²) in [5.74, 6) is 1.17. The number of quaternary nitrogens is 1. The Morgan fingerprint density at radius 1 is 1.03 bits per heavy atom. The Morgan fingerprint density at radius 3 is 2.59 bits per heavy atom. The van der Waals surface area contributed by atoms with Gasteiger partial charge in [0.1, 0.15) is 12.3 Å². The molecule has 0 atom stereocenters. The summed E-state index contributed by atoms with van der Waals surface area (Å²) >= 11 is 0. The molecule has 0 aliphatic carbocycles. The Morgan fingerprint density at radius 2 is 1.81 bits per heavy atom. The van der Waals surface area contributed by atoms with E-state index in [1.54, 1.807) is 4.90 Å². The van der Waals surface area contributed by atoms with Crippen molar-refractivity contribution < 1.29 is 14.4 Å². The van der Waals surface area contributed by atoms with Gasteiger partial charge in [0.25, 0.3) is 0 Å². The molecule has 1 aromatic carbocycles. The van der Waals surface area contributed by atoms with Crippen molar-refractivity contribution in [3.63, 3.8) is 0 Å². The molecule has 0 spiro atoms. The molecule has 1 fully saturated rings. The third kappa shape index (κ3) is 4.16. The second kappa shape index (κ2) is 8.59. The summed E-state index contributed by atoms with van der Waals surface area (Å²) in [6.45, 7) is 7.06. The molecule has 7 nitrogen and oxygen atoms in total. The minimum Gasteiger partial charge on any atom is -0.488 e. The van der Waals surface area contributed by atoms with E-state index in [4.69, 9.17) is 9.72 Å². The minimum absolute atomic E-state index is 0.223. The highest BCUT2D eigenvalue weighted by molar-refractivity contribution is 6.02. The van der Waals surface area contributed by atoms with E-state index in [0.29, 0.717) is 24.7 Å². The summed E-state index contributed by atoms with van der Waals surface area (Å²) in [6, 6.07) is 15.9. The first-order chi connectivity index (χ1) is 15.6. The van der Waals surface area contributed by atoms with Crippen molar-refractivity contribution in [3.05, 3.63) is 59.9 Å². The Kier molecular flexibility index (Phi) is 5.49. The highest BCUT2D eigenvalue weighted by atomic mass is 16.5. The Labute approximate surface area is 188 Å². The number of urea groups is 1. The summed E-state index contributed by atoms with van der Waals surface area (Å²) in [5.41, 5.74) is 5.64. The van der Waals surface area contributed by atoms with Gasteiger partial charge in [0.15, 0.2) is 11.6 Å². The second-order valence-corrected chi connectivity index (χ2v) is 8.48. The molecule has 4 heterocycles. The van der Waals surface area contributed by atoms with Crippen molar-refractivity contribution in [1.82, 2.24) is 9.97 Å². The molecule has 2 N–H and O–H groups in total. The van der Waals surface area contributed by atoms with Crippen molar-refractivity contribution in [2.45, 2.75) is 26.7 Å². The fraction of sp³-hybridized carbons (Fsp3) is 0.320. The number of rotatable bonds is 3. The van der Waals surface area contributed by atoms with E-state index in [9.17, 15) is 4.79 Å². The van der Waals surface area contributed by atoms with Crippen LogP contribution in [0, 0.1) is 13.8 Å². The largest absolute Gasteiger partial charge is 0.488 e. The average Bonchev–Trinajstić information content (AvgIpc) is 3.33. The molecule has 32 heavy (non-hydrogen) atoms. The number of aryl methyl sites for hydroxylation is 2. The molecule has 2 amide bonds. The third-order valence-corrected chi connectivity index (χ3v) is 6.02. The summed E-state index contributed by atoms with van der Waals surface area (Å²) in [7, 11) is 0. The zero-order valence-electron chi connectivity index (χ0n) is 18.5. The number of nitrogens with zero attached hydrogens (tertiary/aromatic N) is 3. The normalized spacial score (nSPS) is 15.9. The summed E-state index contributed by atoms with van der Waals surface area (Å²) in [5, 5.41) is 2.99. The fourth-order valence-corrected chi connectivity index (χ4v) is 4.54. The maximum Gasteiger partial charge on any atom is 0.327 e. The lowest BCUT2D eigenvalue weighted by atomic mass is 10.1. The van der Waals surface area contributed by atoms with Crippen LogP contribution in [0.4, 0.5) is 22.0 Å². The van der Waals surface area contributed by atoms with E-state index >= 15 is 0 Å². The SMILES string of the molecule is Cc1cc(NC(=O)N2CCOc3ccc(-c4cccc([NH+]5CCCC5)c4)nc32)cc(C)n1. The summed E-state index contributed by atoms with van der Waals surface area (Å²) in [6.07, 6.45) is 2.54. The first-order valence-corrected chi connectivity index (χ1v) is 11.2. The van der Waals surface area contributed by atoms with Crippen molar-refractivity contribution in [2.24, 2.45) is 0 Å². The van der Waals surface area contributed by atoms with Crippen LogP contribution in [0.25, 0.3) is 11.3 Å². The quantitative estimate of drug-likeness (QED) is 0.667. The van der Waals surface area contributed by atoms with E-state index in [1.807, 2.05) is 38.1 Å². The highest BCUT2D eigenvalue weighted by Crippen LogP contribution is 2.33. The number of carbonyl (C=O) groups is 1. The Hall–Kier alpha value is -3.45. The standard InChI is InChI=1S/C25H27N5O2/c1-17-14-20(15-18(2)26-17)27-25(31)30-12-13-32-23-9-8-22(28-24(23)30)19-6-5-7-21(16-19)29-10-3-4-11-29/h5-9,14-16H,3-4,10-13H2,1-2H3,(H,26,27,31)/p+1. The maximum atomic E-state index is 13.1. The number of nitrogens with one attached hydrogen (secondary N) is 2. The maximum absolute atomic E-state index is 13.1. The molecule has 2 aliphatic heterocycles. The van der Waals surface area contributed by atoms with Gasteiger partial charge in [0.05, 0.1) is 25.3 Å². The molecule has 0 bridgehead atoms. The van der Waals surface area contributed by atoms with Gasteiger partial charge in [-0.3, -0.25) is 9.88 Å². The van der Waals surface area contributed by atoms with Gasteiger partial charge in [0, 0.05) is 41.5 Å². The van der Waals surface area contributed by atoms with Crippen LogP contribution < -0.4 is 19.9 Å². The number of hydrogen-bond acceptors (Lipinski definition) is 4. The minimum atomic E-state index is -0.223. The first kappa shape index (κ1) is 20.5. The van der Waals surface area contributed by atoms with Gasteiger partial charge in [-0.1, -0.05) is 12.1 Å². The van der Waals surface area contributed by atoms with Crippen LogP contribution in [0.15, 0.2) is 48.5 Å². The first-order valence-electron chi connectivity index (χ1n) is 11.2. The van der Waals surface area contributed by atoms with E-state index in [0.717, 1.165) is 28.3 Å². The lowest BCUT2D eigenvalue weighted by molar-refractivity contribution is -0.818. The number of fused-ring (bicyclic) bond motifs is 1. The topological polar surface area (TPSA) is 71.8 Å². The monoisotopic (exact) mass is 430 g/mol. The van der Waals surface area contributed by atoms with Gasteiger partial charge < -0.3 is 15.0 Å². The van der Waals surface area contributed by atoms with Crippen LogP contribution in [-0.2, 0) is 0 Å². The number of amides is 2. The van der Waals surface area contributed by atoms with Gasteiger partial charge in [-0.2, -0.15) is 0 Å². The van der Waals surface area contributed by atoms with Gasteiger partial charge >= 0.3 is 6.03 Å². The van der Waals surface area contributed by atoms with Crippen molar-refractivity contribution in [1.29, 1.82) is 0 Å². The molecule has 0 saturated carbocycles. The van der Waals surface area contributed by atoms with Crippen molar-refractivity contribution in [2.75, 3.05) is 36.5 Å². The number of carbonyl (C=O) groups excluding carboxylic acids is 1. The Bertz CT molecular complexity index is 1140. The lowest BCUT2D eigenvalue weighted by Crippen LogP contribution is -3.04. The van der Waals surface area contributed by atoms with E-state index in [-0.39, 0.29) is 6.03 Å². The molecule has 0 unspecified atom stereocenters. The van der Waals surface area contributed by atoms with E-state index < -0.39 is 0 Å². The molecule has 0 radical (unpaired) electrons. The Balaban J connectivity index is 1.43. The van der Waals surface area contributed by atoms with Crippen LogP contribution in [0.2, 0.25) is 0 Å². The number of hydrogen-bond donors (Lipinski definition) is 2.